The number of nitrogens with two attached hydrogens (primary N) is 1. The second kappa shape index (κ2) is 6.30. The predicted molar refractivity (Wildman–Crippen MR) is 96.6 cm³/mol. The van der Waals surface area contributed by atoms with Crippen LogP contribution in [0.25, 0.3) is 17.3 Å². The summed E-state index contributed by atoms with van der Waals surface area (Å²) in [4.78, 5) is 0. The average Bonchev–Trinajstić information content (AvgIpc) is 3.30. The summed E-state index contributed by atoms with van der Waals surface area (Å²) in [5, 5.41) is 17.0. The Kier molecular flexibility index (Phi) is 3.82. The number of H-pyrrole nitrogens is 1. The van der Waals surface area contributed by atoms with Crippen molar-refractivity contribution in [1.29, 1.82) is 5.26 Å². The highest BCUT2D eigenvalue weighted by molar-refractivity contribution is 5.71. The van der Waals surface area contributed by atoms with Crippen molar-refractivity contribution in [2.75, 3.05) is 0 Å². The summed E-state index contributed by atoms with van der Waals surface area (Å²) < 4.78 is 11.0. The van der Waals surface area contributed by atoms with Crippen molar-refractivity contribution in [3.63, 3.8) is 0 Å². The van der Waals surface area contributed by atoms with Crippen LogP contribution in [0.5, 0.6) is 5.88 Å². The van der Waals surface area contributed by atoms with Gasteiger partial charge >= 0.3 is 0 Å². The zero-order chi connectivity index (χ0) is 18.1. The SMILES string of the molecule is C/C(=C\c1ccco1)[C@@H]1C(C#N)=C(N)Oc2n[nH]c(-c3ccccc3)c21. The van der Waals surface area contributed by atoms with Crippen LogP contribution in [0.15, 0.2) is 70.2 Å². The summed E-state index contributed by atoms with van der Waals surface area (Å²) in [6.45, 7) is 1.94. The number of nitrogens with one attached hydrogen (secondary N) is 1. The molecule has 1 aliphatic rings. The predicted octanol–water partition coefficient (Wildman–Crippen LogP) is 3.94. The van der Waals surface area contributed by atoms with Crippen LogP contribution in [0.3, 0.4) is 0 Å². The van der Waals surface area contributed by atoms with E-state index in [0.29, 0.717) is 17.2 Å². The van der Waals surface area contributed by atoms with Crippen LogP contribution in [-0.4, -0.2) is 10.2 Å². The zero-order valence-electron chi connectivity index (χ0n) is 14.1. The number of benzene rings is 1. The molecule has 2 aromatic heterocycles. The number of aromatic nitrogens is 2. The van der Waals surface area contributed by atoms with Gasteiger partial charge in [-0.1, -0.05) is 35.9 Å². The van der Waals surface area contributed by atoms with Gasteiger partial charge in [0.15, 0.2) is 0 Å². The average molecular weight is 344 g/mol. The van der Waals surface area contributed by atoms with Crippen LogP contribution >= 0.6 is 0 Å². The Morgan fingerprint density at radius 3 is 2.77 bits per heavy atom. The van der Waals surface area contributed by atoms with Crippen molar-refractivity contribution in [3.8, 4) is 23.2 Å². The molecule has 1 aromatic carbocycles. The highest BCUT2D eigenvalue weighted by atomic mass is 16.5. The molecule has 0 aliphatic carbocycles. The van der Waals surface area contributed by atoms with Crippen LogP contribution in [-0.2, 0) is 0 Å². The van der Waals surface area contributed by atoms with Crippen molar-refractivity contribution in [1.82, 2.24) is 10.2 Å². The van der Waals surface area contributed by atoms with Crippen LogP contribution in [0.4, 0.5) is 0 Å². The number of hydrogen-bond acceptors (Lipinski definition) is 5. The van der Waals surface area contributed by atoms with Gasteiger partial charge in [0.1, 0.15) is 17.4 Å². The summed E-state index contributed by atoms with van der Waals surface area (Å²) in [5.74, 6) is 0.791. The minimum Gasteiger partial charge on any atom is -0.465 e. The number of fused-ring (bicyclic) bond motifs is 1. The molecule has 0 amide bonds. The molecular formula is C20H16N4O2. The molecule has 3 aromatic rings. The lowest BCUT2D eigenvalue weighted by atomic mass is 9.83. The van der Waals surface area contributed by atoms with Gasteiger partial charge in [-0.3, -0.25) is 5.10 Å². The molecule has 0 saturated carbocycles. The van der Waals surface area contributed by atoms with Gasteiger partial charge in [0.25, 0.3) is 0 Å². The van der Waals surface area contributed by atoms with Crippen molar-refractivity contribution >= 4 is 6.08 Å². The van der Waals surface area contributed by atoms with Gasteiger partial charge in [0.05, 0.1) is 23.4 Å². The highest BCUT2D eigenvalue weighted by Gasteiger charge is 2.35. The molecule has 0 saturated heterocycles. The number of nitrogens with zero attached hydrogens (tertiary/aromatic N) is 2. The van der Waals surface area contributed by atoms with Gasteiger partial charge in [-0.25, -0.2) is 0 Å². The van der Waals surface area contributed by atoms with Gasteiger partial charge in [-0.15, -0.1) is 5.10 Å². The van der Waals surface area contributed by atoms with Crippen LogP contribution < -0.4 is 10.5 Å². The summed E-state index contributed by atoms with van der Waals surface area (Å²) in [6.07, 6.45) is 3.50. The lowest BCUT2D eigenvalue weighted by molar-refractivity contribution is 0.378. The Morgan fingerprint density at radius 1 is 1.27 bits per heavy atom. The van der Waals surface area contributed by atoms with Gasteiger partial charge in [0.2, 0.25) is 11.8 Å². The van der Waals surface area contributed by atoms with E-state index in [-0.39, 0.29) is 11.8 Å². The number of aromatic amines is 1. The number of allylic oxidation sites excluding steroid dienone is 2. The molecular weight excluding hydrogens is 328 g/mol. The molecule has 1 aliphatic heterocycles. The Balaban J connectivity index is 1.90. The second-order valence-electron chi connectivity index (χ2n) is 6.01. The maximum absolute atomic E-state index is 9.68. The largest absolute Gasteiger partial charge is 0.465 e. The Bertz CT molecular complexity index is 1040. The molecule has 1 atom stereocenters. The quantitative estimate of drug-likeness (QED) is 0.749. The fourth-order valence-electron chi connectivity index (χ4n) is 3.21. The fourth-order valence-corrected chi connectivity index (χ4v) is 3.21. The number of furan rings is 1. The third kappa shape index (κ3) is 2.56. The minimum atomic E-state index is -0.372. The first kappa shape index (κ1) is 15.8. The van der Waals surface area contributed by atoms with E-state index in [2.05, 4.69) is 16.3 Å². The molecule has 4 rings (SSSR count). The van der Waals surface area contributed by atoms with E-state index < -0.39 is 0 Å². The van der Waals surface area contributed by atoms with E-state index in [9.17, 15) is 5.26 Å². The van der Waals surface area contributed by atoms with Crippen molar-refractivity contribution in [2.24, 2.45) is 5.73 Å². The molecule has 0 unspecified atom stereocenters. The monoisotopic (exact) mass is 344 g/mol. The van der Waals surface area contributed by atoms with Crippen molar-refractivity contribution in [2.45, 2.75) is 12.8 Å². The van der Waals surface area contributed by atoms with Crippen LogP contribution in [0.1, 0.15) is 24.2 Å². The van der Waals surface area contributed by atoms with Crippen LogP contribution in [0, 0.1) is 11.3 Å². The molecule has 26 heavy (non-hydrogen) atoms. The Morgan fingerprint density at radius 2 is 2.08 bits per heavy atom. The van der Waals surface area contributed by atoms with Gasteiger partial charge in [-0.2, -0.15) is 5.26 Å². The van der Waals surface area contributed by atoms with E-state index in [4.69, 9.17) is 14.9 Å². The number of hydrogen-bond donors (Lipinski definition) is 2. The molecule has 6 heteroatoms. The van der Waals surface area contributed by atoms with Gasteiger partial charge in [-0.05, 0) is 30.7 Å². The lowest BCUT2D eigenvalue weighted by Gasteiger charge is -2.24. The first-order valence-electron chi connectivity index (χ1n) is 8.12. The number of nitriles is 1. The fraction of sp³-hybridized carbons (Fsp3) is 0.100. The maximum atomic E-state index is 9.68. The molecule has 6 nitrogen and oxygen atoms in total. The van der Waals surface area contributed by atoms with E-state index in [1.54, 1.807) is 6.26 Å². The van der Waals surface area contributed by atoms with E-state index in [1.165, 1.54) is 0 Å². The smallest absolute Gasteiger partial charge is 0.244 e. The summed E-state index contributed by atoms with van der Waals surface area (Å²) in [5.41, 5.74) is 9.80. The molecule has 0 fully saturated rings. The molecule has 3 N–H and O–H groups in total. The minimum absolute atomic E-state index is 0.0725. The second-order valence-corrected chi connectivity index (χ2v) is 6.01. The summed E-state index contributed by atoms with van der Waals surface area (Å²) >= 11 is 0. The first-order valence-corrected chi connectivity index (χ1v) is 8.12. The molecule has 128 valence electrons. The standard InChI is InChI=1S/C20H16N4O2/c1-12(10-14-8-5-9-25-14)16-15(11-21)19(22)26-20-17(16)18(23-24-20)13-6-3-2-4-7-13/h2-10,16H,22H2,1H3,(H,23,24)/b12-10+/t16-/m1/s1. The van der Waals surface area contributed by atoms with E-state index >= 15 is 0 Å². The Labute approximate surface area is 150 Å². The maximum Gasteiger partial charge on any atom is 0.244 e. The molecule has 0 radical (unpaired) electrons. The third-order valence-electron chi connectivity index (χ3n) is 4.37. The lowest BCUT2D eigenvalue weighted by Crippen LogP contribution is -2.20. The molecule has 0 spiro atoms. The summed E-state index contributed by atoms with van der Waals surface area (Å²) in [7, 11) is 0. The topological polar surface area (TPSA) is 101 Å². The van der Waals surface area contributed by atoms with Crippen LogP contribution in [0.2, 0.25) is 0 Å². The van der Waals surface area contributed by atoms with Crippen molar-refractivity contribution in [3.05, 3.63) is 77.1 Å². The first-order chi connectivity index (χ1) is 12.7. The highest BCUT2D eigenvalue weighted by Crippen LogP contribution is 2.45. The summed E-state index contributed by atoms with van der Waals surface area (Å²) in [6, 6.07) is 15.7. The Hall–Kier alpha value is -3.72. The van der Waals surface area contributed by atoms with Crippen molar-refractivity contribution < 1.29 is 9.15 Å². The van der Waals surface area contributed by atoms with E-state index in [1.807, 2.05) is 55.5 Å². The van der Waals surface area contributed by atoms with E-state index in [0.717, 1.165) is 22.4 Å². The van der Waals surface area contributed by atoms with Gasteiger partial charge < -0.3 is 14.9 Å². The normalized spacial score (nSPS) is 16.8. The molecule has 3 heterocycles. The number of ether oxygens (including phenoxy) is 1. The zero-order valence-corrected chi connectivity index (χ0v) is 14.1. The number of rotatable bonds is 3. The molecule has 0 bridgehead atoms. The third-order valence-corrected chi connectivity index (χ3v) is 4.37. The van der Waals surface area contributed by atoms with Gasteiger partial charge in [0, 0.05) is 0 Å².